The highest BCUT2D eigenvalue weighted by Crippen LogP contribution is 2.19. The fraction of sp³-hybridized carbons (Fsp3) is 0.500. The SMILES string of the molecule is CC.COc1nc(C)ncc1Br. The maximum atomic E-state index is 4.93. The summed E-state index contributed by atoms with van der Waals surface area (Å²) in [6.45, 7) is 5.81. The molecule has 1 heterocycles. The molecule has 4 heteroatoms. The van der Waals surface area contributed by atoms with Gasteiger partial charge < -0.3 is 4.74 Å². The average Bonchev–Trinajstić information content (AvgIpc) is 2.13. The molecule has 0 aliphatic heterocycles. The first-order chi connectivity index (χ1) is 5.74. The number of aryl methyl sites for hydroxylation is 1. The Bertz CT molecular complexity index is 240. The molecule has 0 saturated heterocycles. The van der Waals surface area contributed by atoms with Crippen LogP contribution in [-0.4, -0.2) is 17.1 Å². The summed E-state index contributed by atoms with van der Waals surface area (Å²) in [5.41, 5.74) is 0. The quantitative estimate of drug-likeness (QED) is 0.747. The van der Waals surface area contributed by atoms with Crippen LogP contribution in [0.25, 0.3) is 0 Å². The molecule has 3 nitrogen and oxygen atoms in total. The van der Waals surface area contributed by atoms with Gasteiger partial charge in [-0.1, -0.05) is 13.8 Å². The first-order valence-corrected chi connectivity index (χ1v) is 4.56. The lowest BCUT2D eigenvalue weighted by Gasteiger charge is -2.00. The molecular weight excluding hydrogens is 220 g/mol. The van der Waals surface area contributed by atoms with Crippen LogP contribution in [0.1, 0.15) is 19.7 Å². The van der Waals surface area contributed by atoms with Gasteiger partial charge in [0.1, 0.15) is 5.82 Å². The molecule has 0 unspecified atom stereocenters. The second kappa shape index (κ2) is 5.94. The van der Waals surface area contributed by atoms with E-state index >= 15 is 0 Å². The van der Waals surface area contributed by atoms with Crippen LogP contribution < -0.4 is 4.74 Å². The summed E-state index contributed by atoms with van der Waals surface area (Å²) in [5, 5.41) is 0. The number of hydrogen-bond acceptors (Lipinski definition) is 3. The lowest BCUT2D eigenvalue weighted by Crippen LogP contribution is -1.92. The molecule has 0 aliphatic rings. The Hall–Kier alpha value is -0.640. The zero-order chi connectivity index (χ0) is 9.56. The van der Waals surface area contributed by atoms with Crippen molar-refractivity contribution in [2.75, 3.05) is 7.11 Å². The van der Waals surface area contributed by atoms with E-state index in [0.29, 0.717) is 11.7 Å². The molecule has 0 bridgehead atoms. The van der Waals surface area contributed by atoms with Gasteiger partial charge in [0.05, 0.1) is 11.6 Å². The maximum Gasteiger partial charge on any atom is 0.231 e. The molecular formula is C8H13BrN2O. The molecule has 1 rings (SSSR count). The Morgan fingerprint density at radius 3 is 2.42 bits per heavy atom. The minimum Gasteiger partial charge on any atom is -0.480 e. The van der Waals surface area contributed by atoms with E-state index in [-0.39, 0.29) is 0 Å². The van der Waals surface area contributed by atoms with Crippen molar-refractivity contribution in [2.45, 2.75) is 20.8 Å². The molecule has 0 spiro atoms. The highest BCUT2D eigenvalue weighted by Gasteiger charge is 1.99. The van der Waals surface area contributed by atoms with Crippen molar-refractivity contribution in [2.24, 2.45) is 0 Å². The first kappa shape index (κ1) is 11.4. The minimum absolute atomic E-state index is 0.576. The largest absolute Gasteiger partial charge is 0.480 e. The topological polar surface area (TPSA) is 35.0 Å². The summed E-state index contributed by atoms with van der Waals surface area (Å²) in [6.07, 6.45) is 1.67. The number of methoxy groups -OCH3 is 1. The maximum absolute atomic E-state index is 4.93. The molecule has 0 N–H and O–H groups in total. The molecule has 0 atom stereocenters. The van der Waals surface area contributed by atoms with Crippen LogP contribution in [-0.2, 0) is 0 Å². The fourth-order valence-electron chi connectivity index (χ4n) is 0.578. The van der Waals surface area contributed by atoms with E-state index in [9.17, 15) is 0 Å². The third kappa shape index (κ3) is 3.17. The molecule has 0 aromatic carbocycles. The molecule has 0 fully saturated rings. The molecule has 0 aliphatic carbocycles. The van der Waals surface area contributed by atoms with Crippen LogP contribution in [0.5, 0.6) is 5.88 Å². The van der Waals surface area contributed by atoms with Crippen LogP contribution in [0.15, 0.2) is 10.7 Å². The number of nitrogens with zero attached hydrogens (tertiary/aromatic N) is 2. The van der Waals surface area contributed by atoms with Gasteiger partial charge in [-0.3, -0.25) is 0 Å². The molecule has 0 saturated carbocycles. The Morgan fingerprint density at radius 1 is 1.42 bits per heavy atom. The van der Waals surface area contributed by atoms with Crippen LogP contribution in [0.2, 0.25) is 0 Å². The van der Waals surface area contributed by atoms with E-state index in [1.807, 2.05) is 20.8 Å². The first-order valence-electron chi connectivity index (χ1n) is 3.77. The van der Waals surface area contributed by atoms with E-state index in [1.54, 1.807) is 13.3 Å². The molecule has 0 radical (unpaired) electrons. The highest BCUT2D eigenvalue weighted by molar-refractivity contribution is 9.10. The summed E-state index contributed by atoms with van der Waals surface area (Å²) in [4.78, 5) is 7.96. The van der Waals surface area contributed by atoms with Gasteiger partial charge in [0, 0.05) is 6.20 Å². The van der Waals surface area contributed by atoms with Gasteiger partial charge in [-0.2, -0.15) is 4.98 Å². The van der Waals surface area contributed by atoms with Gasteiger partial charge in [-0.15, -0.1) is 0 Å². The number of hydrogen-bond donors (Lipinski definition) is 0. The van der Waals surface area contributed by atoms with Crippen LogP contribution in [0, 0.1) is 6.92 Å². The number of halogens is 1. The van der Waals surface area contributed by atoms with E-state index in [2.05, 4.69) is 25.9 Å². The second-order valence-electron chi connectivity index (χ2n) is 1.77. The van der Waals surface area contributed by atoms with Crippen molar-refractivity contribution in [1.82, 2.24) is 9.97 Å². The van der Waals surface area contributed by atoms with Crippen LogP contribution in [0.3, 0.4) is 0 Å². The summed E-state index contributed by atoms with van der Waals surface area (Å²) in [5.74, 6) is 1.28. The predicted molar refractivity (Wildman–Crippen MR) is 52.4 cm³/mol. The van der Waals surface area contributed by atoms with Crippen molar-refractivity contribution in [3.8, 4) is 5.88 Å². The smallest absolute Gasteiger partial charge is 0.231 e. The van der Waals surface area contributed by atoms with Crippen molar-refractivity contribution >= 4 is 15.9 Å². The van der Waals surface area contributed by atoms with Gasteiger partial charge in [-0.25, -0.2) is 4.98 Å². The van der Waals surface area contributed by atoms with Gasteiger partial charge in [0.25, 0.3) is 0 Å². The highest BCUT2D eigenvalue weighted by atomic mass is 79.9. The molecule has 1 aromatic rings. The normalized spacial score (nSPS) is 8.42. The van der Waals surface area contributed by atoms with Crippen molar-refractivity contribution in [1.29, 1.82) is 0 Å². The van der Waals surface area contributed by atoms with E-state index in [4.69, 9.17) is 4.74 Å². The van der Waals surface area contributed by atoms with Crippen LogP contribution in [0.4, 0.5) is 0 Å². The molecule has 68 valence electrons. The number of aromatic nitrogens is 2. The molecule has 0 amide bonds. The van der Waals surface area contributed by atoms with E-state index in [0.717, 1.165) is 4.47 Å². The van der Waals surface area contributed by atoms with Gasteiger partial charge in [0.2, 0.25) is 5.88 Å². The minimum atomic E-state index is 0.576. The van der Waals surface area contributed by atoms with Crippen molar-refractivity contribution in [3.05, 3.63) is 16.5 Å². The monoisotopic (exact) mass is 232 g/mol. The van der Waals surface area contributed by atoms with Gasteiger partial charge in [0.15, 0.2) is 0 Å². The lowest BCUT2D eigenvalue weighted by molar-refractivity contribution is 0.392. The second-order valence-corrected chi connectivity index (χ2v) is 2.63. The summed E-state index contributed by atoms with van der Waals surface area (Å²) in [6, 6.07) is 0. The summed E-state index contributed by atoms with van der Waals surface area (Å²) < 4.78 is 5.71. The molecule has 12 heavy (non-hydrogen) atoms. The zero-order valence-corrected chi connectivity index (χ0v) is 9.34. The predicted octanol–water partition coefficient (Wildman–Crippen LogP) is 2.58. The Labute approximate surface area is 81.3 Å². The standard InChI is InChI=1S/C6H7BrN2O.C2H6/c1-4-8-3-5(7)6(9-4)10-2;1-2/h3H,1-2H3;1-2H3. The third-order valence-electron chi connectivity index (χ3n) is 1.03. The average molecular weight is 233 g/mol. The molecule has 1 aromatic heterocycles. The number of ether oxygens (including phenoxy) is 1. The summed E-state index contributed by atoms with van der Waals surface area (Å²) >= 11 is 3.24. The zero-order valence-electron chi connectivity index (χ0n) is 7.76. The summed E-state index contributed by atoms with van der Waals surface area (Å²) in [7, 11) is 1.58. The lowest BCUT2D eigenvalue weighted by atomic mass is 10.6. The Balaban J connectivity index is 0.000000561. The van der Waals surface area contributed by atoms with Gasteiger partial charge in [-0.05, 0) is 22.9 Å². The number of rotatable bonds is 1. The Kier molecular flexibility index (Phi) is 5.62. The fourth-order valence-corrected chi connectivity index (χ4v) is 0.931. The van der Waals surface area contributed by atoms with Gasteiger partial charge >= 0.3 is 0 Å². The third-order valence-corrected chi connectivity index (χ3v) is 1.57. The van der Waals surface area contributed by atoms with Crippen LogP contribution >= 0.6 is 15.9 Å². The van der Waals surface area contributed by atoms with E-state index < -0.39 is 0 Å². The van der Waals surface area contributed by atoms with Crippen molar-refractivity contribution < 1.29 is 4.74 Å². The van der Waals surface area contributed by atoms with Crippen molar-refractivity contribution in [3.63, 3.8) is 0 Å². The Morgan fingerprint density at radius 2 is 2.00 bits per heavy atom. The van der Waals surface area contributed by atoms with E-state index in [1.165, 1.54) is 0 Å².